The Kier molecular flexibility index (Phi) is 6.16. The van der Waals surface area contributed by atoms with Crippen LogP contribution in [-0.4, -0.2) is 37.0 Å². The summed E-state index contributed by atoms with van der Waals surface area (Å²) in [4.78, 5) is 14.2. The minimum absolute atomic E-state index is 0.101. The second-order valence-electron chi connectivity index (χ2n) is 4.27. The Morgan fingerprint density at radius 3 is 2.61 bits per heavy atom. The van der Waals surface area contributed by atoms with E-state index in [0.29, 0.717) is 17.1 Å². The van der Waals surface area contributed by atoms with Crippen LogP contribution in [0.3, 0.4) is 0 Å². The molecule has 0 saturated heterocycles. The van der Waals surface area contributed by atoms with Crippen LogP contribution in [0.2, 0.25) is 5.02 Å². The van der Waals surface area contributed by atoms with Gasteiger partial charge in [-0.25, -0.2) is 0 Å². The summed E-state index contributed by atoms with van der Waals surface area (Å²) < 4.78 is 0. The van der Waals surface area contributed by atoms with Crippen LogP contribution >= 0.6 is 11.6 Å². The highest BCUT2D eigenvalue weighted by Crippen LogP contribution is 2.16. The lowest BCUT2D eigenvalue weighted by atomic mass is 10.1. The number of halogens is 1. The zero-order valence-corrected chi connectivity index (χ0v) is 12.0. The standard InChI is InChI=1S/C14H21ClN2O/c1-4-17(5-2)9-8-16-14(18)12-10-11(3)6-7-13(12)15/h6-7,10H,4-5,8-9H2,1-3H3,(H,16,18). The largest absolute Gasteiger partial charge is 0.351 e. The van der Waals surface area contributed by atoms with Gasteiger partial charge in [0.25, 0.3) is 5.91 Å². The Morgan fingerprint density at radius 2 is 2.00 bits per heavy atom. The summed E-state index contributed by atoms with van der Waals surface area (Å²) in [6, 6.07) is 5.47. The maximum Gasteiger partial charge on any atom is 0.252 e. The molecule has 0 heterocycles. The molecule has 0 unspecified atom stereocenters. The van der Waals surface area contributed by atoms with Crippen LogP contribution in [-0.2, 0) is 0 Å². The molecule has 1 amide bonds. The number of hydrogen-bond acceptors (Lipinski definition) is 2. The lowest BCUT2D eigenvalue weighted by Crippen LogP contribution is -2.34. The van der Waals surface area contributed by atoms with E-state index in [9.17, 15) is 4.79 Å². The second-order valence-corrected chi connectivity index (χ2v) is 4.67. The van der Waals surface area contributed by atoms with E-state index in [1.54, 1.807) is 6.07 Å². The molecule has 1 rings (SSSR count). The van der Waals surface area contributed by atoms with E-state index in [4.69, 9.17) is 11.6 Å². The molecule has 0 aliphatic heterocycles. The molecule has 0 saturated carbocycles. The molecule has 0 spiro atoms. The summed E-state index contributed by atoms with van der Waals surface area (Å²) in [6.45, 7) is 9.68. The van der Waals surface area contributed by atoms with Gasteiger partial charge in [-0.1, -0.05) is 37.1 Å². The fourth-order valence-corrected chi connectivity index (χ4v) is 1.98. The highest BCUT2D eigenvalue weighted by atomic mass is 35.5. The maximum absolute atomic E-state index is 12.0. The molecule has 1 N–H and O–H groups in total. The van der Waals surface area contributed by atoms with E-state index in [1.165, 1.54) is 0 Å². The molecular weight excluding hydrogens is 248 g/mol. The number of nitrogens with one attached hydrogen (secondary N) is 1. The number of carbonyl (C=O) groups excluding carboxylic acids is 1. The van der Waals surface area contributed by atoms with E-state index in [-0.39, 0.29) is 5.91 Å². The number of carbonyl (C=O) groups is 1. The third-order valence-corrected chi connectivity index (χ3v) is 3.30. The number of rotatable bonds is 6. The first-order valence-electron chi connectivity index (χ1n) is 6.35. The van der Waals surface area contributed by atoms with Crippen molar-refractivity contribution in [2.45, 2.75) is 20.8 Å². The summed E-state index contributed by atoms with van der Waals surface area (Å²) in [5.74, 6) is -0.101. The lowest BCUT2D eigenvalue weighted by molar-refractivity contribution is 0.0949. The van der Waals surface area contributed by atoms with Crippen molar-refractivity contribution < 1.29 is 4.79 Å². The van der Waals surface area contributed by atoms with Gasteiger partial charge in [0.15, 0.2) is 0 Å². The molecule has 0 fully saturated rings. The number of nitrogens with zero attached hydrogens (tertiary/aromatic N) is 1. The van der Waals surface area contributed by atoms with Crippen molar-refractivity contribution in [3.05, 3.63) is 34.3 Å². The lowest BCUT2D eigenvalue weighted by Gasteiger charge is -2.18. The van der Waals surface area contributed by atoms with Crippen LogP contribution < -0.4 is 5.32 Å². The van der Waals surface area contributed by atoms with E-state index < -0.39 is 0 Å². The summed E-state index contributed by atoms with van der Waals surface area (Å²) >= 11 is 6.02. The summed E-state index contributed by atoms with van der Waals surface area (Å²) in [7, 11) is 0. The number of hydrogen-bond donors (Lipinski definition) is 1. The average molecular weight is 269 g/mol. The fourth-order valence-electron chi connectivity index (χ4n) is 1.78. The van der Waals surface area contributed by atoms with Gasteiger partial charge in [0, 0.05) is 13.1 Å². The molecule has 3 nitrogen and oxygen atoms in total. The van der Waals surface area contributed by atoms with Crippen molar-refractivity contribution in [1.82, 2.24) is 10.2 Å². The Morgan fingerprint density at radius 1 is 1.33 bits per heavy atom. The molecule has 0 aromatic heterocycles. The Balaban J connectivity index is 2.53. The molecule has 0 radical (unpaired) electrons. The molecule has 1 aromatic rings. The van der Waals surface area contributed by atoms with E-state index in [2.05, 4.69) is 24.1 Å². The predicted octanol–water partition coefficient (Wildman–Crippen LogP) is 2.72. The molecule has 18 heavy (non-hydrogen) atoms. The maximum atomic E-state index is 12.0. The number of likely N-dealkylation sites (N-methyl/N-ethyl adjacent to an activating group) is 1. The third-order valence-electron chi connectivity index (χ3n) is 2.97. The zero-order chi connectivity index (χ0) is 13.5. The van der Waals surface area contributed by atoms with Crippen LogP contribution in [0.1, 0.15) is 29.8 Å². The monoisotopic (exact) mass is 268 g/mol. The van der Waals surface area contributed by atoms with Crippen LogP contribution in [0.5, 0.6) is 0 Å². The molecule has 0 aliphatic carbocycles. The average Bonchev–Trinajstić information content (AvgIpc) is 2.37. The quantitative estimate of drug-likeness (QED) is 0.860. The van der Waals surface area contributed by atoms with E-state index in [0.717, 1.165) is 25.2 Å². The van der Waals surface area contributed by atoms with Crippen LogP contribution in [0.15, 0.2) is 18.2 Å². The van der Waals surface area contributed by atoms with Crippen LogP contribution in [0.4, 0.5) is 0 Å². The molecule has 4 heteroatoms. The number of benzene rings is 1. The first-order chi connectivity index (χ1) is 8.58. The minimum Gasteiger partial charge on any atom is -0.351 e. The first kappa shape index (κ1) is 15.0. The van der Waals surface area contributed by atoms with Crippen LogP contribution in [0, 0.1) is 6.92 Å². The predicted molar refractivity (Wildman–Crippen MR) is 76.3 cm³/mol. The van der Waals surface area contributed by atoms with Crippen LogP contribution in [0.25, 0.3) is 0 Å². The van der Waals surface area contributed by atoms with Gasteiger partial charge in [0.05, 0.1) is 10.6 Å². The van der Waals surface area contributed by atoms with E-state index in [1.807, 2.05) is 19.1 Å². The second kappa shape index (κ2) is 7.39. The Hall–Kier alpha value is -1.06. The van der Waals surface area contributed by atoms with Gasteiger partial charge < -0.3 is 10.2 Å². The molecule has 100 valence electrons. The van der Waals surface area contributed by atoms with Crippen molar-refractivity contribution in [3.63, 3.8) is 0 Å². The van der Waals surface area contributed by atoms with E-state index >= 15 is 0 Å². The Labute approximate surface area is 114 Å². The molecule has 1 aromatic carbocycles. The van der Waals surface area contributed by atoms with Gasteiger partial charge in [-0.15, -0.1) is 0 Å². The normalized spacial score (nSPS) is 10.7. The fraction of sp³-hybridized carbons (Fsp3) is 0.500. The molecule has 0 atom stereocenters. The van der Waals surface area contributed by atoms with Crippen molar-refractivity contribution in [3.8, 4) is 0 Å². The van der Waals surface area contributed by atoms with Crippen molar-refractivity contribution in [1.29, 1.82) is 0 Å². The van der Waals surface area contributed by atoms with Gasteiger partial charge in [-0.3, -0.25) is 4.79 Å². The number of amides is 1. The third kappa shape index (κ3) is 4.31. The number of aryl methyl sites for hydroxylation is 1. The van der Waals surface area contributed by atoms with Gasteiger partial charge >= 0.3 is 0 Å². The van der Waals surface area contributed by atoms with Gasteiger partial charge in [0.1, 0.15) is 0 Å². The summed E-state index contributed by atoms with van der Waals surface area (Å²) in [5.41, 5.74) is 1.59. The molecule has 0 bridgehead atoms. The smallest absolute Gasteiger partial charge is 0.252 e. The summed E-state index contributed by atoms with van der Waals surface area (Å²) in [5, 5.41) is 3.40. The van der Waals surface area contributed by atoms with Crippen molar-refractivity contribution in [2.24, 2.45) is 0 Å². The van der Waals surface area contributed by atoms with Crippen molar-refractivity contribution >= 4 is 17.5 Å². The zero-order valence-electron chi connectivity index (χ0n) is 11.3. The summed E-state index contributed by atoms with van der Waals surface area (Å²) in [6.07, 6.45) is 0. The highest BCUT2D eigenvalue weighted by molar-refractivity contribution is 6.33. The Bertz CT molecular complexity index is 403. The van der Waals surface area contributed by atoms with Gasteiger partial charge in [-0.05, 0) is 32.1 Å². The SMILES string of the molecule is CCN(CC)CCNC(=O)c1cc(C)ccc1Cl. The van der Waals surface area contributed by atoms with Crippen molar-refractivity contribution in [2.75, 3.05) is 26.2 Å². The van der Waals surface area contributed by atoms with Gasteiger partial charge in [0.2, 0.25) is 0 Å². The topological polar surface area (TPSA) is 32.3 Å². The molecular formula is C14H21ClN2O. The van der Waals surface area contributed by atoms with Gasteiger partial charge in [-0.2, -0.15) is 0 Å². The highest BCUT2D eigenvalue weighted by Gasteiger charge is 2.10. The molecule has 0 aliphatic rings. The first-order valence-corrected chi connectivity index (χ1v) is 6.73. The minimum atomic E-state index is -0.101.